The van der Waals surface area contributed by atoms with E-state index in [0.29, 0.717) is 0 Å². The molecule has 0 aliphatic heterocycles. The molecule has 0 radical (unpaired) electrons. The second-order valence-electron chi connectivity index (χ2n) is 5.01. The van der Waals surface area contributed by atoms with Crippen LogP contribution in [0.4, 0.5) is 0 Å². The zero-order chi connectivity index (χ0) is 15.2. The summed E-state index contributed by atoms with van der Waals surface area (Å²) in [5, 5.41) is 7.87. The van der Waals surface area contributed by atoms with E-state index in [1.807, 2.05) is 42.2 Å². The van der Waals surface area contributed by atoms with Crippen molar-refractivity contribution in [1.82, 2.24) is 15.1 Å². The predicted molar refractivity (Wildman–Crippen MR) is 82.9 cm³/mol. The van der Waals surface area contributed by atoms with E-state index in [9.17, 15) is 0 Å². The lowest BCUT2D eigenvalue weighted by atomic mass is 10.1. The van der Waals surface area contributed by atoms with Crippen molar-refractivity contribution in [1.29, 1.82) is 0 Å². The van der Waals surface area contributed by atoms with Crippen LogP contribution in [0.3, 0.4) is 0 Å². The quantitative estimate of drug-likeness (QED) is 0.850. The lowest BCUT2D eigenvalue weighted by Gasteiger charge is -2.18. The highest BCUT2D eigenvalue weighted by Crippen LogP contribution is 2.29. The highest BCUT2D eigenvalue weighted by atomic mass is 16.5. The Morgan fingerprint density at radius 1 is 1.24 bits per heavy atom. The summed E-state index contributed by atoms with van der Waals surface area (Å²) < 4.78 is 12.5. The van der Waals surface area contributed by atoms with Gasteiger partial charge in [-0.2, -0.15) is 5.10 Å². The molecule has 1 atom stereocenters. The Hall–Kier alpha value is -2.01. The maximum atomic E-state index is 5.42. The highest BCUT2D eigenvalue weighted by Gasteiger charge is 2.12. The van der Waals surface area contributed by atoms with Crippen LogP contribution in [-0.2, 0) is 13.5 Å². The number of hydrogen-bond acceptors (Lipinski definition) is 4. The third-order valence-corrected chi connectivity index (χ3v) is 3.50. The molecule has 0 fully saturated rings. The van der Waals surface area contributed by atoms with Crippen molar-refractivity contribution in [3.8, 4) is 11.5 Å². The van der Waals surface area contributed by atoms with Crippen LogP contribution in [-0.4, -0.2) is 30.5 Å². The van der Waals surface area contributed by atoms with Gasteiger partial charge in [-0.15, -0.1) is 0 Å². The molecule has 0 saturated carbocycles. The smallest absolute Gasteiger partial charge is 0.123 e. The molecule has 1 aromatic carbocycles. The van der Waals surface area contributed by atoms with E-state index in [1.54, 1.807) is 14.2 Å². The molecule has 5 heteroatoms. The van der Waals surface area contributed by atoms with Crippen LogP contribution < -0.4 is 14.8 Å². The minimum absolute atomic E-state index is 0.179. The summed E-state index contributed by atoms with van der Waals surface area (Å²) in [6, 6.07) is 8.07. The molecule has 1 N–H and O–H groups in total. The number of aromatic nitrogens is 2. The van der Waals surface area contributed by atoms with Gasteiger partial charge in [0, 0.05) is 37.8 Å². The van der Waals surface area contributed by atoms with E-state index < -0.39 is 0 Å². The summed E-state index contributed by atoms with van der Waals surface area (Å²) in [6.07, 6.45) is 2.86. The van der Waals surface area contributed by atoms with Crippen LogP contribution in [0.15, 0.2) is 30.5 Å². The summed E-state index contributed by atoms with van der Waals surface area (Å²) in [5.74, 6) is 1.71. The number of nitrogens with zero attached hydrogens (tertiary/aromatic N) is 2. The van der Waals surface area contributed by atoms with Gasteiger partial charge in [0.25, 0.3) is 0 Å². The standard InChI is InChI=1S/C16H23N3O2/c1-12(17-9-7-13-8-10-19(2)18-13)15-11-14(20-3)5-6-16(15)21-4/h5-6,8,10-12,17H,7,9H2,1-4H3. The number of nitrogens with one attached hydrogen (secondary N) is 1. The number of aryl methyl sites for hydroxylation is 1. The lowest BCUT2D eigenvalue weighted by molar-refractivity contribution is 0.392. The second-order valence-corrected chi connectivity index (χ2v) is 5.01. The van der Waals surface area contributed by atoms with Gasteiger partial charge in [-0.25, -0.2) is 0 Å². The van der Waals surface area contributed by atoms with Crippen LogP contribution in [0.2, 0.25) is 0 Å². The molecular formula is C16H23N3O2. The first kappa shape index (κ1) is 15.4. The maximum Gasteiger partial charge on any atom is 0.123 e. The molecule has 114 valence electrons. The third-order valence-electron chi connectivity index (χ3n) is 3.50. The molecule has 5 nitrogen and oxygen atoms in total. The number of rotatable bonds is 7. The molecule has 0 saturated heterocycles. The van der Waals surface area contributed by atoms with Gasteiger partial charge in [-0.1, -0.05) is 0 Å². The van der Waals surface area contributed by atoms with Gasteiger partial charge in [-0.3, -0.25) is 4.68 Å². The highest BCUT2D eigenvalue weighted by molar-refractivity contribution is 5.42. The zero-order valence-electron chi connectivity index (χ0n) is 13.1. The van der Waals surface area contributed by atoms with Gasteiger partial charge in [0.1, 0.15) is 11.5 Å². The fourth-order valence-electron chi connectivity index (χ4n) is 2.30. The Morgan fingerprint density at radius 2 is 2.05 bits per heavy atom. The molecule has 1 unspecified atom stereocenters. The van der Waals surface area contributed by atoms with Crippen molar-refractivity contribution in [2.45, 2.75) is 19.4 Å². The Labute approximate surface area is 125 Å². The van der Waals surface area contributed by atoms with Gasteiger partial charge in [-0.05, 0) is 31.2 Å². The summed E-state index contributed by atoms with van der Waals surface area (Å²) in [5.41, 5.74) is 2.19. The van der Waals surface area contributed by atoms with Gasteiger partial charge >= 0.3 is 0 Å². The van der Waals surface area contributed by atoms with Crippen LogP contribution in [0, 0.1) is 0 Å². The number of benzene rings is 1. The minimum Gasteiger partial charge on any atom is -0.497 e. The fourth-order valence-corrected chi connectivity index (χ4v) is 2.30. The third kappa shape index (κ3) is 3.98. The van der Waals surface area contributed by atoms with Crippen molar-refractivity contribution in [2.24, 2.45) is 7.05 Å². The first-order valence-corrected chi connectivity index (χ1v) is 7.08. The SMILES string of the molecule is COc1ccc(OC)c(C(C)NCCc2ccn(C)n2)c1. The molecule has 2 rings (SSSR count). The Balaban J connectivity index is 1.97. The van der Waals surface area contributed by atoms with Crippen LogP contribution in [0.5, 0.6) is 11.5 Å². The van der Waals surface area contributed by atoms with E-state index in [0.717, 1.165) is 35.7 Å². The molecular weight excluding hydrogens is 266 g/mol. The van der Waals surface area contributed by atoms with Gasteiger partial charge in [0.15, 0.2) is 0 Å². The van der Waals surface area contributed by atoms with Gasteiger partial charge < -0.3 is 14.8 Å². The molecule has 21 heavy (non-hydrogen) atoms. The fraction of sp³-hybridized carbons (Fsp3) is 0.438. The van der Waals surface area contributed by atoms with Gasteiger partial charge in [0.05, 0.1) is 19.9 Å². The number of ether oxygens (including phenoxy) is 2. The van der Waals surface area contributed by atoms with E-state index in [2.05, 4.69) is 17.3 Å². The van der Waals surface area contributed by atoms with Crippen molar-refractivity contribution >= 4 is 0 Å². The number of hydrogen-bond donors (Lipinski definition) is 1. The normalized spacial score (nSPS) is 12.2. The average Bonchev–Trinajstić information content (AvgIpc) is 2.91. The molecule has 2 aromatic rings. The Morgan fingerprint density at radius 3 is 2.67 bits per heavy atom. The van der Waals surface area contributed by atoms with E-state index in [4.69, 9.17) is 9.47 Å². The van der Waals surface area contributed by atoms with Crippen molar-refractivity contribution in [3.05, 3.63) is 41.7 Å². The van der Waals surface area contributed by atoms with Crippen LogP contribution >= 0.6 is 0 Å². The largest absolute Gasteiger partial charge is 0.497 e. The van der Waals surface area contributed by atoms with E-state index in [-0.39, 0.29) is 6.04 Å². The topological polar surface area (TPSA) is 48.3 Å². The van der Waals surface area contributed by atoms with Crippen molar-refractivity contribution < 1.29 is 9.47 Å². The minimum atomic E-state index is 0.179. The average molecular weight is 289 g/mol. The van der Waals surface area contributed by atoms with Crippen molar-refractivity contribution in [3.63, 3.8) is 0 Å². The zero-order valence-corrected chi connectivity index (χ0v) is 13.1. The van der Waals surface area contributed by atoms with Crippen molar-refractivity contribution in [2.75, 3.05) is 20.8 Å². The van der Waals surface area contributed by atoms with E-state index >= 15 is 0 Å². The monoisotopic (exact) mass is 289 g/mol. The summed E-state index contributed by atoms with van der Waals surface area (Å²) in [6.45, 7) is 2.98. The second kappa shape index (κ2) is 7.13. The summed E-state index contributed by atoms with van der Waals surface area (Å²) in [4.78, 5) is 0. The molecule has 0 aliphatic rings. The molecule has 1 heterocycles. The first-order chi connectivity index (χ1) is 10.1. The summed E-state index contributed by atoms with van der Waals surface area (Å²) in [7, 11) is 5.29. The first-order valence-electron chi connectivity index (χ1n) is 7.08. The van der Waals surface area contributed by atoms with Crippen LogP contribution in [0.1, 0.15) is 24.2 Å². The van der Waals surface area contributed by atoms with Gasteiger partial charge in [0.2, 0.25) is 0 Å². The molecule has 0 aliphatic carbocycles. The molecule has 0 spiro atoms. The van der Waals surface area contributed by atoms with E-state index in [1.165, 1.54) is 0 Å². The Bertz CT molecular complexity index is 581. The Kier molecular flexibility index (Phi) is 5.22. The molecule has 0 amide bonds. The predicted octanol–water partition coefficient (Wildman–Crippen LogP) is 2.33. The summed E-state index contributed by atoms with van der Waals surface area (Å²) >= 11 is 0. The molecule has 0 bridgehead atoms. The maximum absolute atomic E-state index is 5.42. The molecule has 1 aromatic heterocycles. The lowest BCUT2D eigenvalue weighted by Crippen LogP contribution is -2.22. The number of methoxy groups -OCH3 is 2. The van der Waals surface area contributed by atoms with Crippen LogP contribution in [0.25, 0.3) is 0 Å².